The van der Waals surface area contributed by atoms with Crippen LogP contribution in [0.5, 0.6) is 0 Å². The van der Waals surface area contributed by atoms with E-state index in [1.165, 1.54) is 18.7 Å². The maximum absolute atomic E-state index is 12.3. The number of rotatable bonds is 4. The van der Waals surface area contributed by atoms with Gasteiger partial charge in [0.2, 0.25) is 0 Å². The number of amides is 2. The van der Waals surface area contributed by atoms with Crippen molar-refractivity contribution < 1.29 is 14.7 Å². The first-order valence-corrected chi connectivity index (χ1v) is 7.07. The molecular weight excluding hydrogens is 324 g/mol. The van der Waals surface area contributed by atoms with E-state index in [2.05, 4.69) is 21.2 Å². The van der Waals surface area contributed by atoms with Crippen molar-refractivity contribution in [2.75, 3.05) is 11.9 Å². The molecule has 1 aromatic carbocycles. The molecule has 0 bridgehead atoms. The summed E-state index contributed by atoms with van der Waals surface area (Å²) in [5, 5.41) is 12.0. The van der Waals surface area contributed by atoms with Gasteiger partial charge in [-0.3, -0.25) is 0 Å². The lowest BCUT2D eigenvalue weighted by atomic mass is 10.0. The molecule has 0 atom stereocenters. The number of carboxylic acid groups (broad SMARTS) is 1. The number of aryl methyl sites for hydroxylation is 1. The first kappa shape index (κ1) is 16.5. The molecule has 110 valence electrons. The lowest BCUT2D eigenvalue weighted by molar-refractivity contribution is -0.147. The lowest BCUT2D eigenvalue weighted by Gasteiger charge is -2.34. The molecule has 0 fully saturated rings. The molecule has 2 N–H and O–H groups in total. The summed E-state index contributed by atoms with van der Waals surface area (Å²) < 4.78 is 0.751. The number of aliphatic carboxylic acids is 1. The molecule has 0 aliphatic heterocycles. The van der Waals surface area contributed by atoms with E-state index < -0.39 is 17.5 Å². The molecule has 6 heteroatoms. The molecule has 0 spiro atoms. The fraction of sp³-hybridized carbons (Fsp3) is 0.429. The van der Waals surface area contributed by atoms with Gasteiger partial charge in [0.15, 0.2) is 0 Å². The third-order valence-electron chi connectivity index (χ3n) is 3.12. The number of anilines is 1. The van der Waals surface area contributed by atoms with Crippen LogP contribution in [0, 0.1) is 6.92 Å². The van der Waals surface area contributed by atoms with Gasteiger partial charge < -0.3 is 15.3 Å². The van der Waals surface area contributed by atoms with Gasteiger partial charge in [-0.25, -0.2) is 9.59 Å². The van der Waals surface area contributed by atoms with E-state index in [4.69, 9.17) is 0 Å². The summed E-state index contributed by atoms with van der Waals surface area (Å²) in [5.74, 6) is -1.04. The molecule has 1 rings (SSSR count). The average molecular weight is 343 g/mol. The standard InChI is InChI=1S/C14H19BrN2O3/c1-5-17(14(3,4)12(18)19)13(20)16-11-8-9(2)6-7-10(11)15/h6-8H,5H2,1-4H3,(H,16,20)(H,18,19). The zero-order chi connectivity index (χ0) is 15.5. The molecule has 0 aliphatic rings. The summed E-state index contributed by atoms with van der Waals surface area (Å²) in [6.07, 6.45) is 0. The largest absolute Gasteiger partial charge is 0.480 e. The topological polar surface area (TPSA) is 69.6 Å². The number of benzene rings is 1. The highest BCUT2D eigenvalue weighted by molar-refractivity contribution is 9.10. The zero-order valence-corrected chi connectivity index (χ0v) is 13.6. The minimum Gasteiger partial charge on any atom is -0.480 e. The number of hydrogen-bond acceptors (Lipinski definition) is 2. The van der Waals surface area contributed by atoms with Crippen LogP contribution in [0.15, 0.2) is 22.7 Å². The van der Waals surface area contributed by atoms with E-state index in [0.717, 1.165) is 10.0 Å². The highest BCUT2D eigenvalue weighted by Gasteiger charge is 2.37. The van der Waals surface area contributed by atoms with E-state index in [9.17, 15) is 14.7 Å². The molecule has 0 heterocycles. The van der Waals surface area contributed by atoms with E-state index in [0.29, 0.717) is 12.2 Å². The number of urea groups is 1. The van der Waals surface area contributed by atoms with Crippen molar-refractivity contribution in [2.45, 2.75) is 33.2 Å². The lowest BCUT2D eigenvalue weighted by Crippen LogP contribution is -2.54. The minimum atomic E-state index is -1.27. The van der Waals surface area contributed by atoms with Gasteiger partial charge in [0, 0.05) is 11.0 Å². The third-order valence-corrected chi connectivity index (χ3v) is 3.81. The number of carboxylic acids is 1. The van der Waals surface area contributed by atoms with Crippen LogP contribution in [0.2, 0.25) is 0 Å². The van der Waals surface area contributed by atoms with Crippen molar-refractivity contribution in [2.24, 2.45) is 0 Å². The normalized spacial score (nSPS) is 11.1. The zero-order valence-electron chi connectivity index (χ0n) is 12.0. The average Bonchev–Trinajstić information content (AvgIpc) is 2.34. The SMILES string of the molecule is CCN(C(=O)Nc1cc(C)ccc1Br)C(C)(C)C(=O)O. The fourth-order valence-electron chi connectivity index (χ4n) is 1.83. The van der Waals surface area contributed by atoms with Crippen molar-refractivity contribution >= 4 is 33.6 Å². The number of nitrogens with one attached hydrogen (secondary N) is 1. The Kier molecular flexibility index (Phi) is 5.16. The second-order valence-corrected chi connectivity index (χ2v) is 5.88. The van der Waals surface area contributed by atoms with E-state index >= 15 is 0 Å². The van der Waals surface area contributed by atoms with Gasteiger partial charge in [0.25, 0.3) is 0 Å². The Morgan fingerprint density at radius 2 is 2.00 bits per heavy atom. The monoisotopic (exact) mass is 342 g/mol. The summed E-state index contributed by atoms with van der Waals surface area (Å²) in [5.41, 5.74) is 0.355. The summed E-state index contributed by atoms with van der Waals surface area (Å²) in [6.45, 7) is 6.97. The van der Waals surface area contributed by atoms with Crippen LogP contribution < -0.4 is 5.32 Å². The number of nitrogens with zero attached hydrogens (tertiary/aromatic N) is 1. The van der Waals surface area contributed by atoms with E-state index in [1.54, 1.807) is 6.92 Å². The molecule has 5 nitrogen and oxygen atoms in total. The van der Waals surface area contributed by atoms with Gasteiger partial charge in [-0.15, -0.1) is 0 Å². The maximum atomic E-state index is 12.3. The maximum Gasteiger partial charge on any atom is 0.329 e. The molecule has 1 aromatic rings. The summed E-state index contributed by atoms with van der Waals surface area (Å²) in [4.78, 5) is 24.8. The molecule has 2 amide bonds. The summed E-state index contributed by atoms with van der Waals surface area (Å²) >= 11 is 3.36. The Morgan fingerprint density at radius 3 is 2.50 bits per heavy atom. The molecule has 0 aliphatic carbocycles. The second-order valence-electron chi connectivity index (χ2n) is 5.02. The van der Waals surface area contributed by atoms with Crippen LogP contribution in [0.4, 0.5) is 10.5 Å². The van der Waals surface area contributed by atoms with Crippen molar-refractivity contribution in [3.05, 3.63) is 28.2 Å². The number of carbonyl (C=O) groups is 2. The van der Waals surface area contributed by atoms with Crippen LogP contribution >= 0.6 is 15.9 Å². The van der Waals surface area contributed by atoms with Crippen LogP contribution in [0.3, 0.4) is 0 Å². The first-order chi connectivity index (χ1) is 9.20. The Bertz CT molecular complexity index is 529. The Balaban J connectivity index is 2.99. The Hall–Kier alpha value is -1.56. The van der Waals surface area contributed by atoms with E-state index in [-0.39, 0.29) is 0 Å². The molecular formula is C14H19BrN2O3. The smallest absolute Gasteiger partial charge is 0.329 e. The first-order valence-electron chi connectivity index (χ1n) is 6.28. The van der Waals surface area contributed by atoms with Gasteiger partial charge in [0.1, 0.15) is 5.54 Å². The highest BCUT2D eigenvalue weighted by atomic mass is 79.9. The van der Waals surface area contributed by atoms with Crippen molar-refractivity contribution in [3.63, 3.8) is 0 Å². The van der Waals surface area contributed by atoms with Crippen LogP contribution in [0.1, 0.15) is 26.3 Å². The van der Waals surface area contributed by atoms with Crippen molar-refractivity contribution in [1.82, 2.24) is 4.90 Å². The fourth-order valence-corrected chi connectivity index (χ4v) is 2.17. The Morgan fingerprint density at radius 1 is 1.40 bits per heavy atom. The quantitative estimate of drug-likeness (QED) is 0.879. The molecule has 0 radical (unpaired) electrons. The van der Waals surface area contributed by atoms with Gasteiger partial charge >= 0.3 is 12.0 Å². The van der Waals surface area contributed by atoms with Crippen LogP contribution in [0.25, 0.3) is 0 Å². The molecule has 20 heavy (non-hydrogen) atoms. The minimum absolute atomic E-state index is 0.300. The third kappa shape index (κ3) is 3.50. The molecule has 0 saturated heterocycles. The van der Waals surface area contributed by atoms with Crippen molar-refractivity contribution in [3.8, 4) is 0 Å². The Labute approximate surface area is 127 Å². The summed E-state index contributed by atoms with van der Waals surface area (Å²) in [7, 11) is 0. The predicted octanol–water partition coefficient (Wildman–Crippen LogP) is 3.47. The molecule has 0 unspecified atom stereocenters. The second kappa shape index (κ2) is 6.26. The summed E-state index contributed by atoms with van der Waals surface area (Å²) in [6, 6.07) is 5.14. The van der Waals surface area contributed by atoms with Gasteiger partial charge in [-0.05, 0) is 61.3 Å². The molecule has 0 aromatic heterocycles. The number of halogens is 1. The van der Waals surface area contributed by atoms with Crippen LogP contribution in [-0.4, -0.2) is 34.1 Å². The van der Waals surface area contributed by atoms with Gasteiger partial charge in [-0.1, -0.05) is 6.07 Å². The van der Waals surface area contributed by atoms with E-state index in [1.807, 2.05) is 25.1 Å². The van der Waals surface area contributed by atoms with Gasteiger partial charge in [-0.2, -0.15) is 0 Å². The van der Waals surface area contributed by atoms with Crippen LogP contribution in [-0.2, 0) is 4.79 Å². The number of carbonyl (C=O) groups excluding carboxylic acids is 1. The molecule has 0 saturated carbocycles. The van der Waals surface area contributed by atoms with Crippen molar-refractivity contribution in [1.29, 1.82) is 0 Å². The number of likely N-dealkylation sites (N-methyl/N-ethyl adjacent to an activating group) is 1. The predicted molar refractivity (Wildman–Crippen MR) is 82.0 cm³/mol. The highest BCUT2D eigenvalue weighted by Crippen LogP contribution is 2.25. The van der Waals surface area contributed by atoms with Gasteiger partial charge in [0.05, 0.1) is 5.69 Å². The number of hydrogen-bond donors (Lipinski definition) is 2.